The van der Waals surface area contributed by atoms with Gasteiger partial charge in [0, 0.05) is 0 Å². The van der Waals surface area contributed by atoms with E-state index in [1.54, 1.807) is 0 Å². The molecule has 0 bridgehead atoms. The molecule has 0 aromatic carbocycles. The second-order valence-corrected chi connectivity index (χ2v) is 13.0. The van der Waals surface area contributed by atoms with Gasteiger partial charge < -0.3 is 5.11 Å². The summed E-state index contributed by atoms with van der Waals surface area (Å²) in [6, 6.07) is 0. The SMILES string of the molecule is C=CCCCCC=C=C[C@@H](O)[C@](C#CC)(CCC(=C)C)[Si](C)(C)C. The van der Waals surface area contributed by atoms with Crippen molar-refractivity contribution in [3.63, 3.8) is 0 Å². The van der Waals surface area contributed by atoms with Crippen molar-refractivity contribution in [2.24, 2.45) is 0 Å². The largest absolute Gasteiger partial charge is 0.387 e. The summed E-state index contributed by atoms with van der Waals surface area (Å²) < 4.78 is 0. The van der Waals surface area contributed by atoms with Gasteiger partial charge in [0.15, 0.2) is 0 Å². The third kappa shape index (κ3) is 7.54. The molecule has 2 heteroatoms. The molecule has 0 saturated carbocycles. The molecule has 0 saturated heterocycles. The molecule has 0 aliphatic rings. The Balaban J connectivity index is 5.24. The van der Waals surface area contributed by atoms with E-state index >= 15 is 0 Å². The van der Waals surface area contributed by atoms with Crippen molar-refractivity contribution < 1.29 is 5.11 Å². The summed E-state index contributed by atoms with van der Waals surface area (Å²) in [6.45, 7) is 18.5. The molecule has 1 N–H and O–H groups in total. The van der Waals surface area contributed by atoms with E-state index in [2.05, 4.69) is 50.4 Å². The second-order valence-electron chi connectivity index (χ2n) is 7.61. The molecule has 1 nitrogen and oxygen atoms in total. The summed E-state index contributed by atoms with van der Waals surface area (Å²) >= 11 is 0. The highest BCUT2D eigenvalue weighted by Gasteiger charge is 2.46. The van der Waals surface area contributed by atoms with Gasteiger partial charge in [0.1, 0.15) is 0 Å². The standard InChI is InChI=1S/C22H36OSi/c1-8-10-11-12-13-14-15-16-21(23)22(18-9-2,24(5,6)7)19-17-20(3)4/h8,14,16,21,23H,1,3,10-13,17,19H2,2,4-7H3/t15?,21-,22+/m1/s1. The maximum Gasteiger partial charge on any atom is 0.0933 e. The molecule has 2 atom stereocenters. The highest BCUT2D eigenvalue weighted by Crippen LogP contribution is 2.46. The van der Waals surface area contributed by atoms with Gasteiger partial charge in [0.05, 0.1) is 19.2 Å². The Labute approximate surface area is 151 Å². The zero-order valence-corrected chi connectivity index (χ0v) is 17.4. The molecule has 0 aromatic heterocycles. The molecule has 134 valence electrons. The van der Waals surface area contributed by atoms with Crippen LogP contribution in [0.4, 0.5) is 0 Å². The van der Waals surface area contributed by atoms with Crippen molar-refractivity contribution in [3.05, 3.63) is 42.7 Å². The minimum absolute atomic E-state index is 0.357. The average molecular weight is 345 g/mol. The van der Waals surface area contributed by atoms with Crippen LogP contribution >= 0.6 is 0 Å². The molecule has 0 heterocycles. The first-order chi connectivity index (χ1) is 11.2. The monoisotopic (exact) mass is 344 g/mol. The molecule has 0 amide bonds. The summed E-state index contributed by atoms with van der Waals surface area (Å²) in [5.41, 5.74) is 4.33. The zero-order valence-electron chi connectivity index (χ0n) is 16.4. The van der Waals surface area contributed by atoms with Crippen LogP contribution in [0.15, 0.2) is 42.7 Å². The fourth-order valence-corrected chi connectivity index (χ4v) is 5.19. The van der Waals surface area contributed by atoms with Crippen LogP contribution in [0.1, 0.15) is 52.4 Å². The third-order valence-electron chi connectivity index (χ3n) is 4.52. The van der Waals surface area contributed by atoms with Crippen LogP contribution in [0.3, 0.4) is 0 Å². The van der Waals surface area contributed by atoms with Crippen molar-refractivity contribution >= 4 is 8.07 Å². The van der Waals surface area contributed by atoms with Crippen LogP contribution in [0, 0.1) is 11.8 Å². The van der Waals surface area contributed by atoms with Gasteiger partial charge in [-0.3, -0.25) is 0 Å². The fourth-order valence-electron chi connectivity index (χ4n) is 2.84. The van der Waals surface area contributed by atoms with Gasteiger partial charge in [0.2, 0.25) is 0 Å². The predicted octanol–water partition coefficient (Wildman–Crippen LogP) is 6.26. The molecule has 0 aromatic rings. The van der Waals surface area contributed by atoms with E-state index in [0.717, 1.165) is 44.1 Å². The van der Waals surface area contributed by atoms with E-state index in [1.165, 1.54) is 0 Å². The Morgan fingerprint density at radius 2 is 1.88 bits per heavy atom. The van der Waals surface area contributed by atoms with Crippen molar-refractivity contribution in [2.75, 3.05) is 0 Å². The van der Waals surface area contributed by atoms with E-state index in [1.807, 2.05) is 32.1 Å². The predicted molar refractivity (Wildman–Crippen MR) is 111 cm³/mol. The van der Waals surface area contributed by atoms with E-state index in [0.29, 0.717) is 0 Å². The van der Waals surface area contributed by atoms with Crippen LogP contribution in [0.5, 0.6) is 0 Å². The molecular weight excluding hydrogens is 308 g/mol. The van der Waals surface area contributed by atoms with Crippen molar-refractivity contribution in [1.82, 2.24) is 0 Å². The first-order valence-corrected chi connectivity index (χ1v) is 12.5. The zero-order chi connectivity index (χ0) is 18.6. The second kappa shape index (κ2) is 11.3. The minimum Gasteiger partial charge on any atom is -0.387 e. The highest BCUT2D eigenvalue weighted by molar-refractivity contribution is 6.80. The first-order valence-electron chi connectivity index (χ1n) is 8.99. The minimum atomic E-state index is -1.73. The van der Waals surface area contributed by atoms with Gasteiger partial charge in [-0.25, -0.2) is 0 Å². The maximum absolute atomic E-state index is 10.9. The third-order valence-corrected chi connectivity index (χ3v) is 7.86. The number of aliphatic hydroxyl groups excluding tert-OH is 1. The Hall–Kier alpha value is -1.26. The van der Waals surface area contributed by atoms with Gasteiger partial charge in [-0.05, 0) is 64.5 Å². The van der Waals surface area contributed by atoms with Gasteiger partial charge in [-0.2, -0.15) is 0 Å². The number of unbranched alkanes of at least 4 members (excludes halogenated alkanes) is 3. The Bertz CT molecular complexity index is 520. The topological polar surface area (TPSA) is 20.2 Å². The number of hydrogen-bond acceptors (Lipinski definition) is 1. The normalized spacial score (nSPS) is 14.4. The summed E-state index contributed by atoms with van der Waals surface area (Å²) in [5.74, 6) is 6.46. The molecule has 24 heavy (non-hydrogen) atoms. The van der Waals surface area contributed by atoms with E-state index < -0.39 is 14.2 Å². The molecule has 0 aliphatic carbocycles. The van der Waals surface area contributed by atoms with Gasteiger partial charge >= 0.3 is 0 Å². The Kier molecular flexibility index (Phi) is 10.7. The van der Waals surface area contributed by atoms with Crippen LogP contribution in [-0.2, 0) is 0 Å². The number of hydrogen-bond donors (Lipinski definition) is 1. The van der Waals surface area contributed by atoms with E-state index in [-0.39, 0.29) is 5.04 Å². The lowest BCUT2D eigenvalue weighted by Gasteiger charge is -2.42. The number of allylic oxidation sites excluding steroid dienone is 2. The lowest BCUT2D eigenvalue weighted by atomic mass is 9.93. The average Bonchev–Trinajstić information content (AvgIpc) is 2.48. The van der Waals surface area contributed by atoms with Crippen LogP contribution in [0.2, 0.25) is 24.7 Å². The van der Waals surface area contributed by atoms with Gasteiger partial charge in [-0.1, -0.05) is 37.2 Å². The molecule has 0 spiro atoms. The molecule has 0 unspecified atom stereocenters. The summed E-state index contributed by atoms with van der Waals surface area (Å²) in [7, 11) is -1.73. The van der Waals surface area contributed by atoms with Crippen molar-refractivity contribution in [3.8, 4) is 11.8 Å². The van der Waals surface area contributed by atoms with Crippen LogP contribution in [0.25, 0.3) is 0 Å². The summed E-state index contributed by atoms with van der Waals surface area (Å²) in [4.78, 5) is 0. The molecule has 0 radical (unpaired) electrons. The van der Waals surface area contributed by atoms with Gasteiger partial charge in [0.25, 0.3) is 0 Å². The first kappa shape index (κ1) is 22.7. The van der Waals surface area contributed by atoms with E-state index in [9.17, 15) is 5.11 Å². The van der Waals surface area contributed by atoms with Crippen LogP contribution in [-0.4, -0.2) is 19.3 Å². The lowest BCUT2D eigenvalue weighted by Crippen LogP contribution is -2.46. The quantitative estimate of drug-likeness (QED) is 0.154. The smallest absolute Gasteiger partial charge is 0.0933 e. The Morgan fingerprint density at radius 3 is 2.38 bits per heavy atom. The van der Waals surface area contributed by atoms with Crippen molar-refractivity contribution in [1.29, 1.82) is 0 Å². The Morgan fingerprint density at radius 1 is 1.25 bits per heavy atom. The maximum atomic E-state index is 10.9. The number of aliphatic hydroxyl groups is 1. The van der Waals surface area contributed by atoms with Crippen molar-refractivity contribution in [2.45, 2.75) is 83.2 Å². The lowest BCUT2D eigenvalue weighted by molar-refractivity contribution is 0.180. The molecule has 0 rings (SSSR count). The molecule has 0 fully saturated rings. The fraction of sp³-hybridized carbons (Fsp3) is 0.591. The molecule has 0 aliphatic heterocycles. The van der Waals surface area contributed by atoms with Gasteiger partial charge in [-0.15, -0.1) is 24.8 Å². The number of rotatable bonds is 11. The van der Waals surface area contributed by atoms with E-state index in [4.69, 9.17) is 0 Å². The van der Waals surface area contributed by atoms with Crippen LogP contribution < -0.4 is 0 Å². The summed E-state index contributed by atoms with van der Waals surface area (Å²) in [5, 5.41) is 10.6. The summed E-state index contributed by atoms with van der Waals surface area (Å²) in [6.07, 6.45) is 11.3. The highest BCUT2D eigenvalue weighted by atomic mass is 28.3. The molecular formula is C22H36OSi.